The molecule has 1 fully saturated rings. The summed E-state index contributed by atoms with van der Waals surface area (Å²) in [6, 6.07) is 6.76. The van der Waals surface area contributed by atoms with Crippen LogP contribution in [0.15, 0.2) is 18.2 Å². The van der Waals surface area contributed by atoms with Gasteiger partial charge < -0.3 is 15.4 Å². The van der Waals surface area contributed by atoms with Crippen LogP contribution in [0.2, 0.25) is 0 Å². The Morgan fingerprint density at radius 1 is 1.44 bits per heavy atom. The van der Waals surface area contributed by atoms with Gasteiger partial charge in [0.2, 0.25) is 0 Å². The van der Waals surface area contributed by atoms with E-state index in [9.17, 15) is 0 Å². The van der Waals surface area contributed by atoms with Gasteiger partial charge in [0.05, 0.1) is 12.8 Å². The van der Waals surface area contributed by atoms with Crippen LogP contribution in [0.4, 0.5) is 5.69 Å². The van der Waals surface area contributed by atoms with E-state index in [0.717, 1.165) is 24.5 Å². The number of ether oxygens (including phenoxy) is 1. The maximum atomic E-state index is 5.36. The van der Waals surface area contributed by atoms with Crippen LogP contribution >= 0.6 is 0 Å². The van der Waals surface area contributed by atoms with Crippen molar-refractivity contribution in [3.8, 4) is 5.75 Å². The highest BCUT2D eigenvalue weighted by atomic mass is 16.5. The van der Waals surface area contributed by atoms with Crippen molar-refractivity contribution in [1.82, 2.24) is 5.32 Å². The van der Waals surface area contributed by atoms with Crippen LogP contribution in [-0.2, 0) is 0 Å². The number of anilines is 1. The number of methoxy groups -OCH3 is 1. The molecule has 1 unspecified atom stereocenters. The molecule has 0 saturated carbocycles. The summed E-state index contributed by atoms with van der Waals surface area (Å²) in [5.41, 5.74) is 2.36. The minimum atomic E-state index is 0.518. The first-order valence-corrected chi connectivity index (χ1v) is 5.91. The molecule has 0 bridgehead atoms. The van der Waals surface area contributed by atoms with E-state index in [4.69, 9.17) is 4.74 Å². The molecule has 3 nitrogen and oxygen atoms in total. The minimum Gasteiger partial charge on any atom is -0.495 e. The van der Waals surface area contributed by atoms with Crippen molar-refractivity contribution in [3.05, 3.63) is 23.8 Å². The molecule has 2 rings (SSSR count). The second kappa shape index (κ2) is 5.21. The van der Waals surface area contributed by atoms with Gasteiger partial charge in [0, 0.05) is 12.6 Å². The highest BCUT2D eigenvalue weighted by molar-refractivity contribution is 5.58. The van der Waals surface area contributed by atoms with Crippen molar-refractivity contribution in [2.45, 2.75) is 25.8 Å². The molecule has 1 aliphatic rings. The largest absolute Gasteiger partial charge is 0.495 e. The van der Waals surface area contributed by atoms with Gasteiger partial charge in [-0.3, -0.25) is 0 Å². The standard InChI is InChI=1S/C13H20N2O/c1-10-5-6-13(16-2)12(8-10)15-11-4-3-7-14-9-11/h5-6,8,11,14-15H,3-4,7,9H2,1-2H3. The molecule has 0 amide bonds. The van der Waals surface area contributed by atoms with Crippen molar-refractivity contribution < 1.29 is 4.74 Å². The number of benzene rings is 1. The zero-order valence-electron chi connectivity index (χ0n) is 10.0. The lowest BCUT2D eigenvalue weighted by Gasteiger charge is -2.25. The van der Waals surface area contributed by atoms with Gasteiger partial charge in [-0.2, -0.15) is 0 Å². The Hall–Kier alpha value is -1.22. The van der Waals surface area contributed by atoms with E-state index in [1.54, 1.807) is 7.11 Å². The van der Waals surface area contributed by atoms with Crippen molar-refractivity contribution in [1.29, 1.82) is 0 Å². The molecule has 2 N–H and O–H groups in total. The van der Waals surface area contributed by atoms with E-state index in [-0.39, 0.29) is 0 Å². The Balaban J connectivity index is 2.09. The first-order chi connectivity index (χ1) is 7.79. The first kappa shape index (κ1) is 11.3. The highest BCUT2D eigenvalue weighted by Gasteiger charge is 2.14. The summed E-state index contributed by atoms with van der Waals surface area (Å²) in [5, 5.41) is 6.96. The number of hydrogen-bond acceptors (Lipinski definition) is 3. The molecule has 3 heteroatoms. The topological polar surface area (TPSA) is 33.3 Å². The van der Waals surface area contributed by atoms with Gasteiger partial charge in [-0.15, -0.1) is 0 Å². The van der Waals surface area contributed by atoms with Crippen molar-refractivity contribution >= 4 is 5.69 Å². The molecule has 0 aromatic heterocycles. The van der Waals surface area contributed by atoms with E-state index < -0.39 is 0 Å². The molecule has 1 saturated heterocycles. The third-order valence-corrected chi connectivity index (χ3v) is 3.01. The van der Waals surface area contributed by atoms with Crippen LogP contribution in [0.5, 0.6) is 5.75 Å². The van der Waals surface area contributed by atoms with E-state index in [0.29, 0.717) is 6.04 Å². The molecule has 1 atom stereocenters. The van der Waals surface area contributed by atoms with Gasteiger partial charge in [0.25, 0.3) is 0 Å². The van der Waals surface area contributed by atoms with Crippen LogP contribution in [0.1, 0.15) is 18.4 Å². The lowest BCUT2D eigenvalue weighted by Crippen LogP contribution is -2.38. The molecular formula is C13H20N2O. The molecule has 0 radical (unpaired) electrons. The monoisotopic (exact) mass is 220 g/mol. The zero-order chi connectivity index (χ0) is 11.4. The fourth-order valence-corrected chi connectivity index (χ4v) is 2.13. The van der Waals surface area contributed by atoms with Crippen molar-refractivity contribution in [2.24, 2.45) is 0 Å². The zero-order valence-corrected chi connectivity index (χ0v) is 10.0. The quantitative estimate of drug-likeness (QED) is 0.819. The SMILES string of the molecule is COc1ccc(C)cc1NC1CCCNC1. The number of piperidine rings is 1. The normalized spacial score (nSPS) is 20.5. The lowest BCUT2D eigenvalue weighted by molar-refractivity contribution is 0.414. The van der Waals surface area contributed by atoms with Gasteiger partial charge in [0.1, 0.15) is 5.75 Å². The van der Waals surface area contributed by atoms with Crippen LogP contribution in [0, 0.1) is 6.92 Å². The number of nitrogens with one attached hydrogen (secondary N) is 2. The van der Waals surface area contributed by atoms with Crippen LogP contribution in [-0.4, -0.2) is 26.2 Å². The predicted octanol–water partition coefficient (Wildman–Crippen LogP) is 2.17. The van der Waals surface area contributed by atoms with Gasteiger partial charge in [-0.25, -0.2) is 0 Å². The summed E-state index contributed by atoms with van der Waals surface area (Å²) in [7, 11) is 1.72. The summed E-state index contributed by atoms with van der Waals surface area (Å²) in [6.07, 6.45) is 2.47. The predicted molar refractivity (Wildman–Crippen MR) is 67.2 cm³/mol. The van der Waals surface area contributed by atoms with Gasteiger partial charge in [-0.05, 0) is 44.0 Å². The highest BCUT2D eigenvalue weighted by Crippen LogP contribution is 2.26. The van der Waals surface area contributed by atoms with Crippen molar-refractivity contribution in [3.63, 3.8) is 0 Å². The van der Waals surface area contributed by atoms with Crippen LogP contribution in [0.25, 0.3) is 0 Å². The molecule has 1 aliphatic heterocycles. The summed E-state index contributed by atoms with van der Waals surface area (Å²) >= 11 is 0. The molecule has 0 aliphatic carbocycles. The summed E-state index contributed by atoms with van der Waals surface area (Å²) in [5.74, 6) is 0.927. The third kappa shape index (κ3) is 2.67. The Morgan fingerprint density at radius 3 is 3.00 bits per heavy atom. The fraction of sp³-hybridized carbons (Fsp3) is 0.538. The maximum absolute atomic E-state index is 5.36. The van der Waals surface area contributed by atoms with Gasteiger partial charge in [0.15, 0.2) is 0 Å². The van der Waals surface area contributed by atoms with Crippen LogP contribution in [0.3, 0.4) is 0 Å². The number of rotatable bonds is 3. The Labute approximate surface area is 97.2 Å². The number of hydrogen-bond donors (Lipinski definition) is 2. The summed E-state index contributed by atoms with van der Waals surface area (Å²) < 4.78 is 5.36. The molecule has 1 aromatic rings. The Bertz CT molecular complexity index is 346. The fourth-order valence-electron chi connectivity index (χ4n) is 2.13. The molecular weight excluding hydrogens is 200 g/mol. The van der Waals surface area contributed by atoms with Crippen molar-refractivity contribution in [2.75, 3.05) is 25.5 Å². The lowest BCUT2D eigenvalue weighted by atomic mass is 10.1. The molecule has 88 valence electrons. The molecule has 0 spiro atoms. The van der Waals surface area contributed by atoms with E-state index in [1.807, 2.05) is 6.07 Å². The minimum absolute atomic E-state index is 0.518. The van der Waals surface area contributed by atoms with Crippen LogP contribution < -0.4 is 15.4 Å². The second-order valence-electron chi connectivity index (χ2n) is 4.39. The van der Waals surface area contributed by atoms with Gasteiger partial charge in [-0.1, -0.05) is 6.07 Å². The van der Waals surface area contributed by atoms with Gasteiger partial charge >= 0.3 is 0 Å². The summed E-state index contributed by atoms with van der Waals surface area (Å²) in [4.78, 5) is 0. The summed E-state index contributed by atoms with van der Waals surface area (Å²) in [6.45, 7) is 4.28. The Kier molecular flexibility index (Phi) is 3.67. The smallest absolute Gasteiger partial charge is 0.141 e. The van der Waals surface area contributed by atoms with E-state index in [1.165, 1.54) is 18.4 Å². The average molecular weight is 220 g/mol. The molecule has 16 heavy (non-hydrogen) atoms. The van der Waals surface area contributed by atoms with E-state index >= 15 is 0 Å². The Morgan fingerprint density at radius 2 is 2.31 bits per heavy atom. The number of aryl methyl sites for hydroxylation is 1. The third-order valence-electron chi connectivity index (χ3n) is 3.01. The molecule has 1 aromatic carbocycles. The maximum Gasteiger partial charge on any atom is 0.141 e. The first-order valence-electron chi connectivity index (χ1n) is 5.91. The van der Waals surface area contributed by atoms with E-state index in [2.05, 4.69) is 29.7 Å². The molecule has 1 heterocycles. The average Bonchev–Trinajstić information content (AvgIpc) is 2.31. The second-order valence-corrected chi connectivity index (χ2v) is 4.39.